The molecule has 0 fully saturated rings. The number of nitrogens with zero attached hydrogens (tertiary/aromatic N) is 2. The van der Waals surface area contributed by atoms with Crippen LogP contribution in [0.5, 0.6) is 0 Å². The van der Waals surface area contributed by atoms with Gasteiger partial charge in [0, 0.05) is 22.5 Å². The number of aromatic nitrogens is 2. The second-order valence-electron chi connectivity index (χ2n) is 10.5. The summed E-state index contributed by atoms with van der Waals surface area (Å²) >= 11 is 0. The molecule has 2 nitrogen and oxygen atoms in total. The Balaban J connectivity index is 1.28. The van der Waals surface area contributed by atoms with Crippen LogP contribution in [0, 0.1) is 0 Å². The van der Waals surface area contributed by atoms with Crippen molar-refractivity contribution in [3.63, 3.8) is 0 Å². The van der Waals surface area contributed by atoms with Crippen LogP contribution in [0.15, 0.2) is 134 Å². The summed E-state index contributed by atoms with van der Waals surface area (Å²) < 4.78 is 0. The summed E-state index contributed by atoms with van der Waals surface area (Å²) in [6.07, 6.45) is 1.84. The van der Waals surface area contributed by atoms with E-state index >= 15 is 0 Å². The van der Waals surface area contributed by atoms with E-state index in [1.807, 2.05) is 12.3 Å². The van der Waals surface area contributed by atoms with Crippen LogP contribution in [0.4, 0.5) is 0 Å². The third-order valence-electron chi connectivity index (χ3n) is 8.47. The smallest absolute Gasteiger partial charge is 0.0972 e. The summed E-state index contributed by atoms with van der Waals surface area (Å²) in [6.45, 7) is 0. The van der Waals surface area contributed by atoms with Crippen LogP contribution < -0.4 is 0 Å². The maximum Gasteiger partial charge on any atom is 0.0972 e. The van der Waals surface area contributed by atoms with Crippen LogP contribution >= 0.6 is 0 Å². The second kappa shape index (κ2) is 8.08. The molecule has 0 spiro atoms. The maximum absolute atomic E-state index is 5.17. The van der Waals surface area contributed by atoms with Crippen molar-refractivity contribution in [3.05, 3.63) is 134 Å². The van der Waals surface area contributed by atoms with Crippen molar-refractivity contribution in [2.45, 2.75) is 0 Å². The Kier molecular flexibility index (Phi) is 4.36. The Labute approximate surface area is 231 Å². The molecule has 184 valence electrons. The van der Waals surface area contributed by atoms with Gasteiger partial charge in [-0.3, -0.25) is 4.98 Å². The molecule has 9 rings (SSSR count). The van der Waals surface area contributed by atoms with Gasteiger partial charge in [0.2, 0.25) is 0 Å². The predicted octanol–water partition coefficient (Wildman–Crippen LogP) is 10.1. The molecule has 40 heavy (non-hydrogen) atoms. The lowest BCUT2D eigenvalue weighted by molar-refractivity contribution is 1.37. The SMILES string of the molecule is c1ccc2c(c1)-c1cccc3c(-c4ccc(-c5ccc6ccc7cccnc7c6n5)c5ccccc45)ccc-2c13. The molecule has 2 heterocycles. The first-order chi connectivity index (χ1) is 19.8. The quantitative estimate of drug-likeness (QED) is 0.218. The van der Waals surface area contributed by atoms with Gasteiger partial charge >= 0.3 is 0 Å². The van der Waals surface area contributed by atoms with Crippen molar-refractivity contribution in [1.82, 2.24) is 9.97 Å². The lowest BCUT2D eigenvalue weighted by atomic mass is 9.89. The molecule has 1 aliphatic rings. The lowest BCUT2D eigenvalue weighted by Gasteiger charge is -2.15. The average molecular weight is 507 g/mol. The van der Waals surface area contributed by atoms with Gasteiger partial charge in [-0.25, -0.2) is 4.98 Å². The first-order valence-electron chi connectivity index (χ1n) is 13.7. The van der Waals surface area contributed by atoms with Crippen molar-refractivity contribution in [3.8, 4) is 44.6 Å². The molecule has 2 aromatic heterocycles. The zero-order valence-corrected chi connectivity index (χ0v) is 21.6. The number of fused-ring (bicyclic) bond motifs is 7. The summed E-state index contributed by atoms with van der Waals surface area (Å²) in [4.78, 5) is 9.83. The Bertz CT molecular complexity index is 2300. The highest BCUT2D eigenvalue weighted by Gasteiger charge is 2.23. The van der Waals surface area contributed by atoms with Crippen molar-refractivity contribution in [1.29, 1.82) is 0 Å². The Morgan fingerprint density at radius 1 is 0.350 bits per heavy atom. The van der Waals surface area contributed by atoms with Gasteiger partial charge in [-0.15, -0.1) is 0 Å². The van der Waals surface area contributed by atoms with E-state index in [9.17, 15) is 0 Å². The maximum atomic E-state index is 5.17. The van der Waals surface area contributed by atoms with Crippen molar-refractivity contribution in [2.75, 3.05) is 0 Å². The van der Waals surface area contributed by atoms with E-state index < -0.39 is 0 Å². The van der Waals surface area contributed by atoms with Crippen LogP contribution in [0.25, 0.3) is 88.0 Å². The molecule has 0 aliphatic heterocycles. The van der Waals surface area contributed by atoms with Crippen LogP contribution in [-0.4, -0.2) is 9.97 Å². The standard InChI is InChI=1S/C38H22N2/c1-2-9-26-25(8-1)29(30-18-20-34-28-11-4-3-10-27(28)32-12-5-13-33(30)36(32)34)17-19-31(26)35-21-16-24-15-14-23-7-6-22-39-37(23)38(24)40-35/h1-22H. The van der Waals surface area contributed by atoms with Crippen molar-refractivity contribution < 1.29 is 0 Å². The normalized spacial score (nSPS) is 12.0. The summed E-state index contributed by atoms with van der Waals surface area (Å²) in [7, 11) is 0. The largest absolute Gasteiger partial charge is 0.254 e. The van der Waals surface area contributed by atoms with Gasteiger partial charge in [-0.2, -0.15) is 0 Å². The van der Waals surface area contributed by atoms with Gasteiger partial charge in [0.15, 0.2) is 0 Å². The first kappa shape index (κ1) is 21.6. The zero-order chi connectivity index (χ0) is 26.2. The molecule has 1 aliphatic carbocycles. The molecular weight excluding hydrogens is 484 g/mol. The molecule has 0 N–H and O–H groups in total. The van der Waals surface area contributed by atoms with E-state index in [1.165, 1.54) is 54.9 Å². The van der Waals surface area contributed by atoms with Crippen LogP contribution in [0.3, 0.4) is 0 Å². The fourth-order valence-corrected chi connectivity index (χ4v) is 6.67. The van der Waals surface area contributed by atoms with Crippen LogP contribution in [0.2, 0.25) is 0 Å². The third kappa shape index (κ3) is 2.93. The molecule has 6 aromatic carbocycles. The van der Waals surface area contributed by atoms with E-state index in [2.05, 4.69) is 126 Å². The minimum atomic E-state index is 0.941. The molecule has 0 saturated carbocycles. The van der Waals surface area contributed by atoms with Gasteiger partial charge in [0.1, 0.15) is 0 Å². The summed E-state index contributed by atoms with van der Waals surface area (Å²) in [5, 5.41) is 7.29. The summed E-state index contributed by atoms with van der Waals surface area (Å²) in [6, 6.07) is 45.9. The summed E-state index contributed by atoms with van der Waals surface area (Å²) in [5.41, 5.74) is 11.8. The van der Waals surface area contributed by atoms with Gasteiger partial charge in [-0.1, -0.05) is 115 Å². The van der Waals surface area contributed by atoms with Crippen molar-refractivity contribution >= 4 is 43.4 Å². The second-order valence-corrected chi connectivity index (χ2v) is 10.5. The molecule has 0 saturated heterocycles. The molecule has 0 unspecified atom stereocenters. The van der Waals surface area contributed by atoms with Gasteiger partial charge in [-0.05, 0) is 67.1 Å². The van der Waals surface area contributed by atoms with Crippen LogP contribution in [0.1, 0.15) is 0 Å². The first-order valence-corrected chi connectivity index (χ1v) is 13.7. The highest BCUT2D eigenvalue weighted by Crippen LogP contribution is 2.50. The molecule has 0 amide bonds. The number of hydrogen-bond donors (Lipinski definition) is 0. The number of rotatable bonds is 2. The molecule has 0 radical (unpaired) electrons. The number of benzene rings is 6. The molecule has 2 heteroatoms. The monoisotopic (exact) mass is 506 g/mol. The Hall–Kier alpha value is -5.34. The fraction of sp³-hybridized carbons (Fsp3) is 0. The van der Waals surface area contributed by atoms with E-state index in [0.29, 0.717) is 0 Å². The molecule has 0 atom stereocenters. The Morgan fingerprint density at radius 3 is 1.75 bits per heavy atom. The minimum Gasteiger partial charge on any atom is -0.254 e. The van der Waals surface area contributed by atoms with Gasteiger partial charge < -0.3 is 0 Å². The van der Waals surface area contributed by atoms with Gasteiger partial charge in [0.25, 0.3) is 0 Å². The molecule has 0 bridgehead atoms. The van der Waals surface area contributed by atoms with E-state index in [0.717, 1.165) is 33.1 Å². The van der Waals surface area contributed by atoms with E-state index in [-0.39, 0.29) is 0 Å². The topological polar surface area (TPSA) is 25.8 Å². The average Bonchev–Trinajstić information content (AvgIpc) is 3.36. The van der Waals surface area contributed by atoms with Crippen LogP contribution in [-0.2, 0) is 0 Å². The highest BCUT2D eigenvalue weighted by atomic mass is 14.8. The van der Waals surface area contributed by atoms with Gasteiger partial charge in [0.05, 0.1) is 16.7 Å². The fourth-order valence-electron chi connectivity index (χ4n) is 6.67. The molecular formula is C38H22N2. The predicted molar refractivity (Wildman–Crippen MR) is 167 cm³/mol. The minimum absolute atomic E-state index is 0.941. The number of hydrogen-bond acceptors (Lipinski definition) is 2. The van der Waals surface area contributed by atoms with Crippen molar-refractivity contribution in [2.24, 2.45) is 0 Å². The lowest BCUT2D eigenvalue weighted by Crippen LogP contribution is -1.91. The molecule has 8 aromatic rings. The van der Waals surface area contributed by atoms with E-state index in [4.69, 9.17) is 4.98 Å². The zero-order valence-electron chi connectivity index (χ0n) is 21.6. The summed E-state index contributed by atoms with van der Waals surface area (Å²) in [5.74, 6) is 0. The third-order valence-corrected chi connectivity index (χ3v) is 8.47. The Morgan fingerprint density at radius 2 is 0.925 bits per heavy atom. The van der Waals surface area contributed by atoms with E-state index in [1.54, 1.807) is 0 Å². The number of pyridine rings is 2. The highest BCUT2D eigenvalue weighted by molar-refractivity contribution is 6.20.